The van der Waals surface area contributed by atoms with Gasteiger partial charge in [0.05, 0.1) is 12.7 Å². The standard InChI is InChI=1S/C20H20N6O3S/c1-20(2)15(16-22-24-25-23-16)26-18(28)14(19(26)30-20)21-17(27)13-11-7-5-4-6-10(11)8-9-12(13)29-3/h4-9,14-15,19H,1-3H3,(H,21,27)(H,22,23,24,25). The number of carbonyl (C=O) groups is 2. The summed E-state index contributed by atoms with van der Waals surface area (Å²) in [7, 11) is 1.53. The van der Waals surface area contributed by atoms with E-state index in [0.29, 0.717) is 17.1 Å². The van der Waals surface area contributed by atoms with Gasteiger partial charge in [-0.05, 0) is 30.7 Å². The van der Waals surface area contributed by atoms with Crippen LogP contribution in [0.1, 0.15) is 36.1 Å². The molecule has 3 aromatic rings. The maximum Gasteiger partial charge on any atom is 0.256 e. The highest BCUT2D eigenvalue weighted by atomic mass is 32.2. The van der Waals surface area contributed by atoms with Crippen molar-refractivity contribution in [1.82, 2.24) is 30.8 Å². The molecule has 0 bridgehead atoms. The highest BCUT2D eigenvalue weighted by Crippen LogP contribution is 2.56. The summed E-state index contributed by atoms with van der Waals surface area (Å²) >= 11 is 1.62. The van der Waals surface area contributed by atoms with Crippen molar-refractivity contribution in [2.75, 3.05) is 7.11 Å². The van der Waals surface area contributed by atoms with Crippen molar-refractivity contribution >= 4 is 34.3 Å². The molecule has 0 saturated carbocycles. The largest absolute Gasteiger partial charge is 0.496 e. The summed E-state index contributed by atoms with van der Waals surface area (Å²) in [6, 6.07) is 10.4. The van der Waals surface area contributed by atoms with Gasteiger partial charge in [0.15, 0.2) is 5.82 Å². The van der Waals surface area contributed by atoms with E-state index in [1.807, 2.05) is 44.2 Å². The summed E-state index contributed by atoms with van der Waals surface area (Å²) < 4.78 is 5.11. The van der Waals surface area contributed by atoms with Gasteiger partial charge >= 0.3 is 0 Å². The van der Waals surface area contributed by atoms with Crippen LogP contribution in [0.15, 0.2) is 36.4 Å². The molecule has 0 aliphatic carbocycles. The van der Waals surface area contributed by atoms with E-state index in [0.717, 1.165) is 10.8 Å². The fourth-order valence-corrected chi connectivity index (χ4v) is 5.95. The smallest absolute Gasteiger partial charge is 0.256 e. The third-order valence-corrected chi connectivity index (χ3v) is 7.24. The average molecular weight is 424 g/mol. The van der Waals surface area contributed by atoms with Gasteiger partial charge in [0.25, 0.3) is 5.91 Å². The van der Waals surface area contributed by atoms with Gasteiger partial charge in [0.2, 0.25) is 5.91 Å². The van der Waals surface area contributed by atoms with Crippen LogP contribution in [0.25, 0.3) is 10.8 Å². The normalized spacial score (nSPS) is 24.4. The number of rotatable bonds is 4. The van der Waals surface area contributed by atoms with Crippen LogP contribution in [-0.2, 0) is 4.79 Å². The number of fused-ring (bicyclic) bond motifs is 2. The van der Waals surface area contributed by atoms with Crippen molar-refractivity contribution in [2.24, 2.45) is 0 Å². The Labute approximate surface area is 176 Å². The number of hydrogen-bond acceptors (Lipinski definition) is 7. The highest BCUT2D eigenvalue weighted by molar-refractivity contribution is 8.01. The minimum absolute atomic E-state index is 0.152. The third-order valence-electron chi connectivity index (χ3n) is 5.67. The fraction of sp³-hybridized carbons (Fsp3) is 0.350. The Morgan fingerprint density at radius 3 is 2.80 bits per heavy atom. The number of aromatic nitrogens is 4. The Kier molecular flexibility index (Phi) is 4.21. The van der Waals surface area contributed by atoms with Gasteiger partial charge in [-0.2, -0.15) is 5.21 Å². The highest BCUT2D eigenvalue weighted by Gasteiger charge is 2.63. The molecule has 2 aliphatic heterocycles. The quantitative estimate of drug-likeness (QED) is 0.615. The summed E-state index contributed by atoms with van der Waals surface area (Å²) in [5, 5.41) is 18.7. The van der Waals surface area contributed by atoms with Crippen molar-refractivity contribution in [3.8, 4) is 5.75 Å². The Morgan fingerprint density at radius 2 is 2.07 bits per heavy atom. The number of carbonyl (C=O) groups excluding carboxylic acids is 2. The molecule has 154 valence electrons. The van der Waals surface area contributed by atoms with Crippen molar-refractivity contribution in [1.29, 1.82) is 0 Å². The molecule has 2 fully saturated rings. The number of ether oxygens (including phenoxy) is 1. The monoisotopic (exact) mass is 424 g/mol. The molecule has 2 aliphatic rings. The topological polar surface area (TPSA) is 113 Å². The van der Waals surface area contributed by atoms with Crippen molar-refractivity contribution in [2.45, 2.75) is 36.1 Å². The van der Waals surface area contributed by atoms with E-state index in [1.54, 1.807) is 22.7 Å². The Balaban J connectivity index is 1.44. The molecule has 2 aromatic carbocycles. The molecule has 3 atom stereocenters. The van der Waals surface area contributed by atoms with Crippen LogP contribution in [0.2, 0.25) is 0 Å². The summed E-state index contributed by atoms with van der Waals surface area (Å²) in [5.41, 5.74) is 0.429. The third kappa shape index (κ3) is 2.67. The van der Waals surface area contributed by atoms with Crippen molar-refractivity contribution in [3.63, 3.8) is 0 Å². The van der Waals surface area contributed by atoms with Gasteiger partial charge in [0, 0.05) is 4.75 Å². The van der Waals surface area contributed by atoms with Gasteiger partial charge < -0.3 is 15.0 Å². The van der Waals surface area contributed by atoms with Gasteiger partial charge in [-0.25, -0.2) is 0 Å². The second-order valence-corrected chi connectivity index (χ2v) is 9.62. The van der Waals surface area contributed by atoms with E-state index in [1.165, 1.54) is 7.11 Å². The van der Waals surface area contributed by atoms with Crippen molar-refractivity contribution in [3.05, 3.63) is 47.8 Å². The molecule has 2 saturated heterocycles. The van der Waals surface area contributed by atoms with Crippen LogP contribution in [0.3, 0.4) is 0 Å². The predicted octanol–water partition coefficient (Wildman–Crippen LogP) is 1.89. The zero-order valence-corrected chi connectivity index (χ0v) is 17.4. The molecule has 5 rings (SSSR count). The van der Waals surface area contributed by atoms with E-state index in [4.69, 9.17) is 4.74 Å². The molecule has 10 heteroatoms. The number of tetrazole rings is 1. The molecule has 2 N–H and O–H groups in total. The number of β-lactam (4-membered cyclic amide) rings is 1. The first-order valence-corrected chi connectivity index (χ1v) is 10.4. The number of benzene rings is 2. The summed E-state index contributed by atoms with van der Waals surface area (Å²) in [6.45, 7) is 4.08. The summed E-state index contributed by atoms with van der Waals surface area (Å²) in [4.78, 5) is 28.0. The van der Waals surface area contributed by atoms with Crippen LogP contribution in [0.5, 0.6) is 5.75 Å². The number of hydrogen-bond donors (Lipinski definition) is 2. The van der Waals surface area contributed by atoms with E-state index in [-0.39, 0.29) is 28.0 Å². The molecule has 30 heavy (non-hydrogen) atoms. The Bertz CT molecular complexity index is 1150. The number of amides is 2. The predicted molar refractivity (Wildman–Crippen MR) is 111 cm³/mol. The van der Waals surface area contributed by atoms with Crippen LogP contribution < -0.4 is 10.1 Å². The SMILES string of the molecule is COc1ccc2ccccc2c1C(=O)NC1C(=O)N2C1SC(C)(C)C2c1nn[nH]n1. The molecule has 9 nitrogen and oxygen atoms in total. The number of nitrogens with one attached hydrogen (secondary N) is 2. The first kappa shape index (κ1) is 18.9. The lowest BCUT2D eigenvalue weighted by Crippen LogP contribution is -2.67. The Hall–Kier alpha value is -3.14. The van der Waals surface area contributed by atoms with Gasteiger partial charge in [-0.15, -0.1) is 22.0 Å². The summed E-state index contributed by atoms with van der Waals surface area (Å²) in [6.07, 6.45) is 0. The molecule has 2 amide bonds. The van der Waals surface area contributed by atoms with Crippen LogP contribution in [0, 0.1) is 0 Å². The summed E-state index contributed by atoms with van der Waals surface area (Å²) in [5.74, 6) is 0.464. The minimum Gasteiger partial charge on any atom is -0.496 e. The van der Waals surface area contributed by atoms with Crippen LogP contribution >= 0.6 is 11.8 Å². The second kappa shape index (κ2) is 6.69. The first-order valence-electron chi connectivity index (χ1n) is 9.52. The van der Waals surface area contributed by atoms with E-state index in [2.05, 4.69) is 25.9 Å². The number of aromatic amines is 1. The lowest BCUT2D eigenvalue weighted by Gasteiger charge is -2.44. The lowest BCUT2D eigenvalue weighted by molar-refractivity contribution is -0.148. The van der Waals surface area contributed by atoms with E-state index in [9.17, 15) is 9.59 Å². The van der Waals surface area contributed by atoms with Crippen molar-refractivity contribution < 1.29 is 14.3 Å². The fourth-order valence-electron chi connectivity index (χ4n) is 4.32. The number of nitrogens with zero attached hydrogens (tertiary/aromatic N) is 4. The van der Waals surface area contributed by atoms with Gasteiger partial charge in [0.1, 0.15) is 23.2 Å². The number of H-pyrrole nitrogens is 1. The molecule has 3 unspecified atom stereocenters. The molecule has 1 aromatic heterocycles. The maximum atomic E-state index is 13.2. The van der Waals surface area contributed by atoms with E-state index < -0.39 is 6.04 Å². The van der Waals surface area contributed by atoms with Crippen LogP contribution in [0.4, 0.5) is 0 Å². The van der Waals surface area contributed by atoms with E-state index >= 15 is 0 Å². The van der Waals surface area contributed by atoms with Gasteiger partial charge in [-0.1, -0.05) is 35.5 Å². The molecular weight excluding hydrogens is 404 g/mol. The minimum atomic E-state index is -0.623. The Morgan fingerprint density at radius 1 is 1.27 bits per heavy atom. The molecule has 0 radical (unpaired) electrons. The zero-order chi connectivity index (χ0) is 21.0. The molecular formula is C20H20N6O3S. The van der Waals surface area contributed by atoms with Gasteiger partial charge in [-0.3, -0.25) is 9.59 Å². The zero-order valence-electron chi connectivity index (χ0n) is 16.6. The maximum absolute atomic E-state index is 13.2. The lowest BCUT2D eigenvalue weighted by atomic mass is 9.95. The first-order chi connectivity index (χ1) is 14.4. The second-order valence-electron chi connectivity index (χ2n) is 7.85. The number of methoxy groups -OCH3 is 1. The molecule has 0 spiro atoms. The van der Waals surface area contributed by atoms with Crippen LogP contribution in [-0.4, -0.2) is 60.6 Å². The average Bonchev–Trinajstić information content (AvgIpc) is 3.35. The number of thioether (sulfide) groups is 1. The molecule has 3 heterocycles.